The molecule has 1 N–H and O–H groups in total. The molecule has 0 saturated carbocycles. The molecule has 0 rings (SSSR count). The predicted molar refractivity (Wildman–Crippen MR) is 62.6 cm³/mol. The van der Waals surface area contributed by atoms with E-state index in [9.17, 15) is 5.11 Å². The van der Waals surface area contributed by atoms with E-state index in [-0.39, 0.29) is 12.0 Å². The van der Waals surface area contributed by atoms with Crippen LogP contribution in [0.2, 0.25) is 19.6 Å². The number of hydrogen-bond donors (Lipinski definition) is 1. The Morgan fingerprint density at radius 3 is 2.15 bits per heavy atom. The van der Waals surface area contributed by atoms with Gasteiger partial charge in [0, 0.05) is 0 Å². The van der Waals surface area contributed by atoms with Gasteiger partial charge in [-0.2, -0.15) is 0 Å². The zero-order chi connectivity index (χ0) is 10.6. The molecule has 0 unspecified atom stereocenters. The van der Waals surface area contributed by atoms with Crippen LogP contribution >= 0.6 is 0 Å². The van der Waals surface area contributed by atoms with Gasteiger partial charge in [0.1, 0.15) is 0 Å². The van der Waals surface area contributed by atoms with E-state index in [1.54, 1.807) is 0 Å². The fourth-order valence-electron chi connectivity index (χ4n) is 1.46. The van der Waals surface area contributed by atoms with Crippen molar-refractivity contribution in [3.8, 4) is 0 Å². The molecule has 0 fully saturated rings. The van der Waals surface area contributed by atoms with E-state index >= 15 is 0 Å². The van der Waals surface area contributed by atoms with E-state index < -0.39 is 8.07 Å². The Morgan fingerprint density at radius 2 is 1.85 bits per heavy atom. The molecule has 0 bridgehead atoms. The van der Waals surface area contributed by atoms with E-state index in [1.807, 2.05) is 0 Å². The molecule has 0 aliphatic heterocycles. The average Bonchev–Trinajstić information content (AvgIpc) is 2.00. The maximum atomic E-state index is 9.81. The number of aliphatic hydroxyl groups excluding tert-OH is 1. The first-order valence-electron chi connectivity index (χ1n) is 5.18. The smallest absolute Gasteiger partial charge is 0.0721 e. The first kappa shape index (κ1) is 12.9. The second-order valence-electron chi connectivity index (χ2n) is 4.92. The summed E-state index contributed by atoms with van der Waals surface area (Å²) in [6.07, 6.45) is 1.75. The van der Waals surface area contributed by atoms with E-state index in [2.05, 4.69) is 40.1 Å². The van der Waals surface area contributed by atoms with Crippen LogP contribution in [0.25, 0.3) is 0 Å². The molecule has 0 aliphatic rings. The van der Waals surface area contributed by atoms with Gasteiger partial charge in [0.25, 0.3) is 0 Å². The largest absolute Gasteiger partial charge is 0.393 e. The molecule has 0 radical (unpaired) electrons. The second kappa shape index (κ2) is 4.96. The van der Waals surface area contributed by atoms with Crippen LogP contribution in [0.1, 0.15) is 26.7 Å². The summed E-state index contributed by atoms with van der Waals surface area (Å²) in [6.45, 7) is 15.2. The van der Waals surface area contributed by atoms with Crippen molar-refractivity contribution in [3.05, 3.63) is 11.8 Å². The highest BCUT2D eigenvalue weighted by atomic mass is 28.3. The molecule has 78 valence electrons. The first-order chi connectivity index (χ1) is 5.80. The van der Waals surface area contributed by atoms with Gasteiger partial charge < -0.3 is 5.11 Å². The Kier molecular flexibility index (Phi) is 4.93. The van der Waals surface area contributed by atoms with Crippen LogP contribution in [0.4, 0.5) is 0 Å². The Balaban J connectivity index is 4.26. The third-order valence-corrected chi connectivity index (χ3v) is 5.06. The highest BCUT2D eigenvalue weighted by molar-refractivity contribution is 6.83. The van der Waals surface area contributed by atoms with E-state index in [0.717, 1.165) is 12.8 Å². The fraction of sp³-hybridized carbons (Fsp3) is 0.818. The zero-order valence-electron chi connectivity index (χ0n) is 9.72. The Labute approximate surface area is 83.9 Å². The lowest BCUT2D eigenvalue weighted by Gasteiger charge is -2.28. The van der Waals surface area contributed by atoms with Crippen molar-refractivity contribution in [3.63, 3.8) is 0 Å². The molecule has 1 nitrogen and oxygen atoms in total. The molecular weight excluding hydrogens is 176 g/mol. The summed E-state index contributed by atoms with van der Waals surface area (Å²) < 4.78 is 0. The Hall–Kier alpha value is -0.0831. The monoisotopic (exact) mass is 200 g/mol. The van der Waals surface area contributed by atoms with Crippen LogP contribution in [0, 0.1) is 5.92 Å². The van der Waals surface area contributed by atoms with Gasteiger partial charge in [0.2, 0.25) is 0 Å². The maximum absolute atomic E-state index is 9.81. The summed E-state index contributed by atoms with van der Waals surface area (Å²) in [6, 6.07) is 0. The quantitative estimate of drug-likeness (QED) is 0.676. The van der Waals surface area contributed by atoms with Crippen molar-refractivity contribution in [1.82, 2.24) is 0 Å². The van der Waals surface area contributed by atoms with Crippen molar-refractivity contribution < 1.29 is 5.11 Å². The molecule has 0 saturated heterocycles. The van der Waals surface area contributed by atoms with E-state index in [0.29, 0.717) is 0 Å². The number of aliphatic hydroxyl groups is 1. The van der Waals surface area contributed by atoms with Gasteiger partial charge in [0.15, 0.2) is 0 Å². The number of hydrogen-bond acceptors (Lipinski definition) is 1. The van der Waals surface area contributed by atoms with Crippen molar-refractivity contribution >= 4 is 8.07 Å². The Bertz CT molecular complexity index is 169. The zero-order valence-corrected chi connectivity index (χ0v) is 10.7. The summed E-state index contributed by atoms with van der Waals surface area (Å²) in [4.78, 5) is 0. The third kappa shape index (κ3) is 4.10. The topological polar surface area (TPSA) is 20.2 Å². The minimum absolute atomic E-state index is 0.191. The molecule has 2 heteroatoms. The van der Waals surface area contributed by atoms with Crippen LogP contribution in [-0.2, 0) is 0 Å². The van der Waals surface area contributed by atoms with Gasteiger partial charge in [-0.05, 0) is 12.3 Å². The highest BCUT2D eigenvalue weighted by Crippen LogP contribution is 2.25. The Morgan fingerprint density at radius 1 is 1.38 bits per heavy atom. The van der Waals surface area contributed by atoms with Crippen molar-refractivity contribution in [2.24, 2.45) is 5.92 Å². The maximum Gasteiger partial charge on any atom is 0.0721 e. The van der Waals surface area contributed by atoms with Gasteiger partial charge >= 0.3 is 0 Å². The molecule has 0 heterocycles. The molecule has 13 heavy (non-hydrogen) atoms. The summed E-state index contributed by atoms with van der Waals surface area (Å²) in [5.41, 5.74) is 0. The van der Waals surface area contributed by atoms with Gasteiger partial charge in [0.05, 0.1) is 14.2 Å². The summed E-state index contributed by atoms with van der Waals surface area (Å²) >= 11 is 0. The molecule has 0 aromatic rings. The first-order valence-corrected chi connectivity index (χ1v) is 8.68. The SMILES string of the molecule is C=C([C@@H](C)[C@H](O)CCC)[Si](C)(C)C. The minimum Gasteiger partial charge on any atom is -0.393 e. The van der Waals surface area contributed by atoms with E-state index in [4.69, 9.17) is 0 Å². The van der Waals surface area contributed by atoms with Crippen molar-refractivity contribution in [1.29, 1.82) is 0 Å². The van der Waals surface area contributed by atoms with Crippen LogP contribution in [0.15, 0.2) is 11.8 Å². The van der Waals surface area contributed by atoms with Crippen LogP contribution in [-0.4, -0.2) is 19.3 Å². The lowest BCUT2D eigenvalue weighted by Crippen LogP contribution is -2.32. The summed E-state index contributed by atoms with van der Waals surface area (Å²) in [7, 11) is -1.27. The molecule has 2 atom stereocenters. The van der Waals surface area contributed by atoms with Gasteiger partial charge in [-0.15, -0.1) is 6.58 Å². The standard InChI is InChI=1S/C11H24OSi/c1-7-8-11(12)9(2)10(3)13(4,5)6/h9,11-12H,3,7-8H2,1-2,4-6H3/t9-,11-/m1/s1. The van der Waals surface area contributed by atoms with Gasteiger partial charge in [-0.3, -0.25) is 0 Å². The van der Waals surface area contributed by atoms with Crippen molar-refractivity contribution in [2.45, 2.75) is 52.4 Å². The summed E-state index contributed by atoms with van der Waals surface area (Å²) in [5, 5.41) is 11.1. The van der Waals surface area contributed by atoms with E-state index in [1.165, 1.54) is 5.20 Å². The molecule has 0 amide bonds. The van der Waals surface area contributed by atoms with Crippen LogP contribution in [0.3, 0.4) is 0 Å². The lowest BCUT2D eigenvalue weighted by atomic mass is 10.0. The van der Waals surface area contributed by atoms with Gasteiger partial charge in [-0.25, -0.2) is 0 Å². The fourth-order valence-corrected chi connectivity index (χ4v) is 3.02. The number of rotatable bonds is 5. The average molecular weight is 200 g/mol. The molecular formula is C11H24OSi. The highest BCUT2D eigenvalue weighted by Gasteiger charge is 2.26. The van der Waals surface area contributed by atoms with Gasteiger partial charge in [-0.1, -0.05) is 45.1 Å². The lowest BCUT2D eigenvalue weighted by molar-refractivity contribution is 0.125. The molecule has 0 spiro atoms. The molecule has 0 aliphatic carbocycles. The third-order valence-electron chi connectivity index (χ3n) is 2.67. The second-order valence-corrected chi connectivity index (χ2v) is 10.1. The van der Waals surface area contributed by atoms with Crippen LogP contribution < -0.4 is 0 Å². The molecule has 0 aromatic carbocycles. The normalized spacial score (nSPS) is 16.8. The van der Waals surface area contributed by atoms with Crippen molar-refractivity contribution in [2.75, 3.05) is 0 Å². The summed E-state index contributed by atoms with van der Waals surface area (Å²) in [5.74, 6) is 0.270. The molecule has 0 aromatic heterocycles. The van der Waals surface area contributed by atoms with Crippen LogP contribution in [0.5, 0.6) is 0 Å². The minimum atomic E-state index is -1.27. The predicted octanol–water partition coefficient (Wildman–Crippen LogP) is 3.22.